The van der Waals surface area contributed by atoms with E-state index in [1.807, 2.05) is 18.2 Å². The van der Waals surface area contributed by atoms with Crippen LogP contribution in [0.5, 0.6) is 0 Å². The number of anilines is 2. The highest BCUT2D eigenvalue weighted by Crippen LogP contribution is 2.35. The molecule has 4 rings (SSSR count). The first-order valence-electron chi connectivity index (χ1n) is 9.05. The van der Waals surface area contributed by atoms with E-state index in [1.54, 1.807) is 4.90 Å². The molecule has 0 saturated carbocycles. The van der Waals surface area contributed by atoms with Gasteiger partial charge in [0.15, 0.2) is 11.5 Å². The fraction of sp³-hybridized carbons (Fsp3) is 0.190. The number of alkyl halides is 3. The van der Waals surface area contributed by atoms with Gasteiger partial charge in [0.2, 0.25) is 0 Å². The molecule has 0 radical (unpaired) electrons. The van der Waals surface area contributed by atoms with Gasteiger partial charge in [-0.3, -0.25) is 4.79 Å². The number of benzene rings is 2. The number of carbonyl (C=O) groups excluding carboxylic acids is 1. The van der Waals surface area contributed by atoms with E-state index in [4.69, 9.17) is 0 Å². The van der Waals surface area contributed by atoms with Gasteiger partial charge in [-0.2, -0.15) is 13.2 Å². The van der Waals surface area contributed by atoms with Crippen LogP contribution in [0.25, 0.3) is 0 Å². The maximum atomic E-state index is 13.1. The first-order valence-corrected chi connectivity index (χ1v) is 9.05. The van der Waals surface area contributed by atoms with Crippen molar-refractivity contribution in [3.63, 3.8) is 0 Å². The molecule has 1 aliphatic rings. The van der Waals surface area contributed by atoms with Gasteiger partial charge in [0.1, 0.15) is 0 Å². The van der Waals surface area contributed by atoms with E-state index in [0.29, 0.717) is 13.1 Å². The van der Waals surface area contributed by atoms with E-state index in [0.717, 1.165) is 18.1 Å². The number of nitrogens with one attached hydrogen (secondary N) is 1. The molecule has 3 aromatic rings. The van der Waals surface area contributed by atoms with Gasteiger partial charge in [-0.15, -0.1) is 10.2 Å². The zero-order valence-electron chi connectivity index (χ0n) is 15.3. The number of carbonyl (C=O) groups is 1. The average molecular weight is 398 g/mol. The smallest absolute Gasteiger partial charge is 0.338 e. The van der Waals surface area contributed by atoms with Crippen molar-refractivity contribution in [3.05, 3.63) is 83.0 Å². The molecule has 1 aliphatic heterocycles. The monoisotopic (exact) mass is 398 g/mol. The van der Waals surface area contributed by atoms with E-state index in [1.165, 1.54) is 35.9 Å². The van der Waals surface area contributed by atoms with Crippen molar-refractivity contribution in [2.24, 2.45) is 0 Å². The number of nitrogens with zero attached hydrogens (tertiary/aromatic N) is 3. The van der Waals surface area contributed by atoms with Crippen LogP contribution in [0.15, 0.2) is 60.7 Å². The summed E-state index contributed by atoms with van der Waals surface area (Å²) in [6, 6.07) is 16.0. The molecule has 0 saturated heterocycles. The Labute approximate surface area is 165 Å². The quantitative estimate of drug-likeness (QED) is 0.709. The topological polar surface area (TPSA) is 58.1 Å². The van der Waals surface area contributed by atoms with E-state index in [9.17, 15) is 18.0 Å². The Morgan fingerprint density at radius 1 is 0.931 bits per heavy atom. The number of fused-ring (bicyclic) bond motifs is 1. The van der Waals surface area contributed by atoms with Gasteiger partial charge in [0, 0.05) is 13.1 Å². The van der Waals surface area contributed by atoms with Crippen LogP contribution in [0.4, 0.5) is 24.7 Å². The molecule has 1 N–H and O–H groups in total. The second-order valence-electron chi connectivity index (χ2n) is 6.72. The second kappa shape index (κ2) is 7.54. The molecule has 148 valence electrons. The van der Waals surface area contributed by atoms with Gasteiger partial charge in [-0.25, -0.2) is 0 Å². The van der Waals surface area contributed by atoms with Crippen LogP contribution in [0.1, 0.15) is 27.2 Å². The van der Waals surface area contributed by atoms with Crippen LogP contribution in [0.3, 0.4) is 0 Å². The second-order valence-corrected chi connectivity index (χ2v) is 6.72. The van der Waals surface area contributed by atoms with Gasteiger partial charge in [-0.1, -0.05) is 36.4 Å². The summed E-state index contributed by atoms with van der Waals surface area (Å²) in [5.41, 5.74) is 1.56. The van der Waals surface area contributed by atoms with E-state index in [-0.39, 0.29) is 23.1 Å². The lowest BCUT2D eigenvalue weighted by Gasteiger charge is -2.28. The van der Waals surface area contributed by atoms with Crippen LogP contribution in [-0.2, 0) is 19.1 Å². The number of halogens is 3. The number of amides is 1. The van der Waals surface area contributed by atoms with Crippen molar-refractivity contribution >= 4 is 17.4 Å². The predicted molar refractivity (Wildman–Crippen MR) is 102 cm³/mol. The summed E-state index contributed by atoms with van der Waals surface area (Å²) in [5.74, 6) is -0.128. The van der Waals surface area contributed by atoms with Gasteiger partial charge in [0.25, 0.3) is 5.91 Å². The molecule has 5 nitrogen and oxygen atoms in total. The molecule has 1 amide bonds. The third-order valence-corrected chi connectivity index (χ3v) is 4.80. The number of aromatic nitrogens is 2. The minimum absolute atomic E-state index is 0.124. The molecule has 0 bridgehead atoms. The van der Waals surface area contributed by atoms with Crippen LogP contribution in [0.2, 0.25) is 0 Å². The highest BCUT2D eigenvalue weighted by Gasteiger charge is 2.33. The minimum atomic E-state index is -4.49. The summed E-state index contributed by atoms with van der Waals surface area (Å²) in [6.07, 6.45) is -3.72. The minimum Gasteiger partial charge on any atom is -0.338 e. The third kappa shape index (κ3) is 4.06. The lowest BCUT2D eigenvalue weighted by Crippen LogP contribution is -2.36. The van der Waals surface area contributed by atoms with Gasteiger partial charge in [0.05, 0.1) is 11.3 Å². The third-order valence-electron chi connectivity index (χ3n) is 4.80. The Morgan fingerprint density at radius 3 is 2.38 bits per heavy atom. The molecule has 0 aliphatic carbocycles. The first-order chi connectivity index (χ1) is 13.9. The van der Waals surface area contributed by atoms with Crippen molar-refractivity contribution in [1.82, 2.24) is 15.1 Å². The Bertz CT molecular complexity index is 1030. The largest absolute Gasteiger partial charge is 0.418 e. The molecule has 2 aromatic carbocycles. The molecule has 2 heterocycles. The fourth-order valence-corrected chi connectivity index (χ4v) is 3.32. The lowest BCUT2D eigenvalue weighted by molar-refractivity contribution is -0.136. The highest BCUT2D eigenvalue weighted by molar-refractivity contribution is 5.92. The summed E-state index contributed by atoms with van der Waals surface area (Å²) < 4.78 is 39.3. The standard InChI is InChI=1S/C21H17F3N4O/c22-21(23,24)16-7-3-4-8-17(16)25-19-10-9-18(26-27-19)20(29)28-12-11-14-5-1-2-6-15(14)13-28/h1-10H,11-13H2,(H,25,27). The van der Waals surface area contributed by atoms with Gasteiger partial charge < -0.3 is 10.2 Å². The Balaban J connectivity index is 1.48. The molecule has 29 heavy (non-hydrogen) atoms. The van der Waals surface area contributed by atoms with E-state index >= 15 is 0 Å². The van der Waals surface area contributed by atoms with Crippen molar-refractivity contribution in [1.29, 1.82) is 0 Å². The van der Waals surface area contributed by atoms with Crippen LogP contribution >= 0.6 is 0 Å². The van der Waals surface area contributed by atoms with Crippen molar-refractivity contribution in [2.75, 3.05) is 11.9 Å². The molecule has 8 heteroatoms. The normalized spacial score (nSPS) is 13.7. The fourth-order valence-electron chi connectivity index (χ4n) is 3.32. The molecule has 0 unspecified atom stereocenters. The van der Waals surface area contributed by atoms with Crippen LogP contribution in [0, 0.1) is 0 Å². The molecular formula is C21H17F3N4O. The summed E-state index contributed by atoms with van der Waals surface area (Å²) in [5, 5.41) is 10.4. The van der Waals surface area contributed by atoms with Crippen LogP contribution < -0.4 is 5.32 Å². The predicted octanol–water partition coefficient (Wildman–Crippen LogP) is 4.44. The SMILES string of the molecule is O=C(c1ccc(Nc2ccccc2C(F)(F)F)nn1)N1CCc2ccccc2C1. The molecule has 0 fully saturated rings. The molecule has 0 atom stereocenters. The Hall–Kier alpha value is -3.42. The van der Waals surface area contributed by atoms with Crippen molar-refractivity contribution in [2.45, 2.75) is 19.1 Å². The summed E-state index contributed by atoms with van der Waals surface area (Å²) in [6.45, 7) is 1.08. The lowest BCUT2D eigenvalue weighted by atomic mass is 10.00. The average Bonchev–Trinajstić information content (AvgIpc) is 2.73. The Morgan fingerprint density at radius 2 is 1.66 bits per heavy atom. The number of hydrogen-bond acceptors (Lipinski definition) is 4. The zero-order chi connectivity index (χ0) is 20.4. The Kier molecular flexibility index (Phi) is 4.92. The molecular weight excluding hydrogens is 381 g/mol. The van der Waals surface area contributed by atoms with Crippen LogP contribution in [-0.4, -0.2) is 27.5 Å². The first kappa shape index (κ1) is 18.9. The van der Waals surface area contributed by atoms with Crippen molar-refractivity contribution in [3.8, 4) is 0 Å². The summed E-state index contributed by atoms with van der Waals surface area (Å²) in [7, 11) is 0. The number of hydrogen-bond donors (Lipinski definition) is 1. The van der Waals surface area contributed by atoms with E-state index in [2.05, 4.69) is 21.6 Å². The summed E-state index contributed by atoms with van der Waals surface area (Å²) in [4.78, 5) is 14.4. The maximum Gasteiger partial charge on any atom is 0.418 e. The molecule has 1 aromatic heterocycles. The highest BCUT2D eigenvalue weighted by atomic mass is 19.4. The number of rotatable bonds is 3. The zero-order valence-corrected chi connectivity index (χ0v) is 15.3. The van der Waals surface area contributed by atoms with Gasteiger partial charge in [-0.05, 0) is 41.8 Å². The molecule has 0 spiro atoms. The number of para-hydroxylation sites is 1. The van der Waals surface area contributed by atoms with Crippen molar-refractivity contribution < 1.29 is 18.0 Å². The maximum absolute atomic E-state index is 13.1. The van der Waals surface area contributed by atoms with E-state index < -0.39 is 11.7 Å². The van der Waals surface area contributed by atoms with Gasteiger partial charge >= 0.3 is 6.18 Å². The summed E-state index contributed by atoms with van der Waals surface area (Å²) >= 11 is 0.